The molecule has 0 unspecified atom stereocenters. The molecule has 0 saturated heterocycles. The van der Waals surface area contributed by atoms with Crippen LogP contribution in [-0.4, -0.2) is 12.3 Å². The van der Waals surface area contributed by atoms with Gasteiger partial charge in [0, 0.05) is 9.13 Å². The van der Waals surface area contributed by atoms with Crippen molar-refractivity contribution in [2.24, 2.45) is 0 Å². The number of rotatable bonds is 5. The van der Waals surface area contributed by atoms with Crippen molar-refractivity contribution in [1.29, 1.82) is 0 Å². The first-order valence-electron chi connectivity index (χ1n) is 7.33. The van der Waals surface area contributed by atoms with Gasteiger partial charge in [0.1, 0.15) is 12.4 Å². The lowest BCUT2D eigenvalue weighted by atomic mass is 10.1. The zero-order valence-electron chi connectivity index (χ0n) is 12.9. The molecular formula is C19H12ClIO4. The van der Waals surface area contributed by atoms with Crippen molar-refractivity contribution in [3.05, 3.63) is 80.1 Å². The van der Waals surface area contributed by atoms with Crippen molar-refractivity contribution in [2.75, 3.05) is 0 Å². The number of halogens is 2. The summed E-state index contributed by atoms with van der Waals surface area (Å²) in [6.45, 7) is 0.159. The van der Waals surface area contributed by atoms with E-state index in [1.54, 1.807) is 30.3 Å². The van der Waals surface area contributed by atoms with Crippen LogP contribution < -0.4 is 0 Å². The normalized spacial score (nSPS) is 10.5. The minimum atomic E-state index is -0.521. The quantitative estimate of drug-likeness (QED) is 0.288. The van der Waals surface area contributed by atoms with Crippen molar-refractivity contribution in [1.82, 2.24) is 0 Å². The summed E-state index contributed by atoms with van der Waals surface area (Å²) in [5.74, 6) is 0.172. The number of ether oxygens (including phenoxy) is 1. The molecule has 3 aromatic rings. The van der Waals surface area contributed by atoms with Crippen LogP contribution in [0.3, 0.4) is 0 Å². The topological polar surface area (TPSA) is 56.5 Å². The first-order chi connectivity index (χ1) is 12.1. The van der Waals surface area contributed by atoms with Crippen LogP contribution in [0.4, 0.5) is 0 Å². The maximum absolute atomic E-state index is 12.4. The highest BCUT2D eigenvalue weighted by molar-refractivity contribution is 14.1. The van der Waals surface area contributed by atoms with Gasteiger partial charge in [0.05, 0.1) is 10.6 Å². The van der Waals surface area contributed by atoms with E-state index in [1.165, 1.54) is 0 Å². The van der Waals surface area contributed by atoms with Gasteiger partial charge in [0.15, 0.2) is 12.0 Å². The molecule has 0 fully saturated rings. The van der Waals surface area contributed by atoms with E-state index in [0.29, 0.717) is 22.6 Å². The van der Waals surface area contributed by atoms with E-state index in [2.05, 4.69) is 22.6 Å². The molecule has 0 saturated carbocycles. The Labute approximate surface area is 162 Å². The van der Waals surface area contributed by atoms with E-state index in [0.717, 1.165) is 9.13 Å². The first kappa shape index (κ1) is 17.7. The minimum Gasteiger partial charge on any atom is -0.457 e. The summed E-state index contributed by atoms with van der Waals surface area (Å²) < 4.78 is 11.8. The van der Waals surface area contributed by atoms with E-state index in [9.17, 15) is 9.59 Å². The molecule has 1 aromatic heterocycles. The van der Waals surface area contributed by atoms with Gasteiger partial charge < -0.3 is 9.15 Å². The molecule has 0 amide bonds. The summed E-state index contributed by atoms with van der Waals surface area (Å²) in [5, 5.41) is 0.290. The van der Waals surface area contributed by atoms with E-state index < -0.39 is 5.97 Å². The average molecular weight is 467 g/mol. The van der Waals surface area contributed by atoms with Crippen LogP contribution in [0.2, 0.25) is 5.02 Å². The van der Waals surface area contributed by atoms with Gasteiger partial charge in [-0.05, 0) is 70.6 Å². The lowest BCUT2D eigenvalue weighted by Crippen LogP contribution is -2.06. The second-order valence-electron chi connectivity index (χ2n) is 5.22. The molecule has 0 aliphatic carbocycles. The van der Waals surface area contributed by atoms with Crippen LogP contribution in [-0.2, 0) is 11.3 Å². The van der Waals surface area contributed by atoms with Crippen molar-refractivity contribution in [3.63, 3.8) is 0 Å². The lowest BCUT2D eigenvalue weighted by molar-refractivity contribution is 0.0473. The van der Waals surface area contributed by atoms with Crippen LogP contribution in [0.5, 0.6) is 0 Å². The summed E-state index contributed by atoms with van der Waals surface area (Å²) >= 11 is 8.33. The number of carbonyl (C=O) groups excluding carboxylic acids is 2. The standard InChI is InChI=1S/C19H12ClIO4/c20-17-7-3-13(18-8-6-15(10-22)25-18)9-16(17)19(23)24-11-12-1-4-14(21)5-2-12/h1-10H,11H2. The Kier molecular flexibility index (Phi) is 5.55. The van der Waals surface area contributed by atoms with Gasteiger partial charge in [0.25, 0.3) is 0 Å². The number of carbonyl (C=O) groups is 2. The third-order valence-corrected chi connectivity index (χ3v) is 4.55. The SMILES string of the molecule is O=Cc1ccc(-c2ccc(Cl)c(C(=O)OCc3ccc(I)cc3)c2)o1. The molecular weight excluding hydrogens is 455 g/mol. The molecule has 3 rings (SSSR count). The van der Waals surface area contributed by atoms with Gasteiger partial charge in [0.2, 0.25) is 0 Å². The molecule has 6 heteroatoms. The smallest absolute Gasteiger partial charge is 0.340 e. The van der Waals surface area contributed by atoms with E-state index in [-0.39, 0.29) is 17.9 Å². The fraction of sp³-hybridized carbons (Fsp3) is 0.0526. The Morgan fingerprint density at radius 1 is 1.12 bits per heavy atom. The largest absolute Gasteiger partial charge is 0.457 e. The third kappa shape index (κ3) is 4.29. The molecule has 25 heavy (non-hydrogen) atoms. The van der Waals surface area contributed by atoms with Crippen LogP contribution >= 0.6 is 34.2 Å². The summed E-state index contributed by atoms with van der Waals surface area (Å²) in [5.41, 5.74) is 1.77. The Hall–Kier alpha value is -2.12. The van der Waals surface area contributed by atoms with Crippen molar-refractivity contribution in [2.45, 2.75) is 6.61 Å². The second kappa shape index (κ2) is 7.84. The molecule has 0 N–H and O–H groups in total. The molecule has 0 bridgehead atoms. The monoisotopic (exact) mass is 466 g/mol. The van der Waals surface area contributed by atoms with Gasteiger partial charge in [-0.25, -0.2) is 4.79 Å². The highest BCUT2D eigenvalue weighted by Gasteiger charge is 2.15. The number of aldehydes is 1. The molecule has 2 aromatic carbocycles. The van der Waals surface area contributed by atoms with E-state index in [4.69, 9.17) is 20.8 Å². The molecule has 1 heterocycles. The van der Waals surface area contributed by atoms with Gasteiger partial charge in [-0.3, -0.25) is 4.79 Å². The molecule has 4 nitrogen and oxygen atoms in total. The fourth-order valence-electron chi connectivity index (χ4n) is 2.21. The van der Waals surface area contributed by atoms with Gasteiger partial charge >= 0.3 is 5.97 Å². The Balaban J connectivity index is 1.78. The maximum atomic E-state index is 12.4. The highest BCUT2D eigenvalue weighted by atomic mass is 127. The Bertz CT molecular complexity index is 915. The Morgan fingerprint density at radius 2 is 1.88 bits per heavy atom. The molecule has 126 valence electrons. The third-order valence-electron chi connectivity index (χ3n) is 3.50. The summed E-state index contributed by atoms with van der Waals surface area (Å²) in [4.78, 5) is 23.1. The van der Waals surface area contributed by atoms with Crippen LogP contribution in [0.15, 0.2) is 59.0 Å². The molecule has 0 aliphatic rings. The maximum Gasteiger partial charge on any atom is 0.340 e. The summed E-state index contributed by atoms with van der Waals surface area (Å²) in [6, 6.07) is 15.8. The number of benzene rings is 2. The van der Waals surface area contributed by atoms with E-state index in [1.807, 2.05) is 24.3 Å². The fourth-order valence-corrected chi connectivity index (χ4v) is 2.77. The molecule has 0 radical (unpaired) electrons. The average Bonchev–Trinajstić information content (AvgIpc) is 3.10. The summed E-state index contributed by atoms with van der Waals surface area (Å²) in [7, 11) is 0. The Morgan fingerprint density at radius 3 is 2.56 bits per heavy atom. The van der Waals surface area contributed by atoms with Gasteiger partial charge in [-0.2, -0.15) is 0 Å². The predicted molar refractivity (Wildman–Crippen MR) is 103 cm³/mol. The van der Waals surface area contributed by atoms with Gasteiger partial charge in [-0.1, -0.05) is 23.7 Å². The summed E-state index contributed by atoms with van der Waals surface area (Å²) in [6.07, 6.45) is 0.621. The number of esters is 1. The van der Waals surface area contributed by atoms with E-state index >= 15 is 0 Å². The molecule has 0 aliphatic heterocycles. The van der Waals surface area contributed by atoms with Crippen molar-refractivity contribution in [3.8, 4) is 11.3 Å². The van der Waals surface area contributed by atoms with Crippen LogP contribution in [0, 0.1) is 3.57 Å². The number of hydrogen-bond donors (Lipinski definition) is 0. The second-order valence-corrected chi connectivity index (χ2v) is 6.87. The predicted octanol–water partition coefficient (Wildman–Crippen LogP) is 5.37. The van der Waals surface area contributed by atoms with Crippen LogP contribution in [0.25, 0.3) is 11.3 Å². The minimum absolute atomic E-state index is 0.159. The van der Waals surface area contributed by atoms with Gasteiger partial charge in [-0.15, -0.1) is 0 Å². The first-order valence-corrected chi connectivity index (χ1v) is 8.79. The zero-order chi connectivity index (χ0) is 17.8. The van der Waals surface area contributed by atoms with Crippen LogP contribution in [0.1, 0.15) is 26.5 Å². The van der Waals surface area contributed by atoms with Crippen molar-refractivity contribution < 1.29 is 18.7 Å². The zero-order valence-corrected chi connectivity index (χ0v) is 15.8. The lowest BCUT2D eigenvalue weighted by Gasteiger charge is -2.08. The molecule has 0 atom stereocenters. The number of furan rings is 1. The van der Waals surface area contributed by atoms with Crippen molar-refractivity contribution >= 4 is 46.4 Å². The number of hydrogen-bond acceptors (Lipinski definition) is 4. The highest BCUT2D eigenvalue weighted by Crippen LogP contribution is 2.27. The molecule has 0 spiro atoms.